The van der Waals surface area contributed by atoms with E-state index in [4.69, 9.17) is 14.3 Å². The van der Waals surface area contributed by atoms with E-state index in [-0.39, 0.29) is 35.6 Å². The van der Waals surface area contributed by atoms with Gasteiger partial charge in [0.15, 0.2) is 5.50 Å². The number of hydrogen-bond acceptors (Lipinski definition) is 10. The molecule has 0 saturated carbocycles. The van der Waals surface area contributed by atoms with Gasteiger partial charge in [-0.3, -0.25) is 14.5 Å². The van der Waals surface area contributed by atoms with Gasteiger partial charge < -0.3 is 29.8 Å². The maximum atomic E-state index is 13.4. The number of carbonyl (C=O) groups is 3. The number of morpholine rings is 2. The SMILES string of the molecule is CC1(C)CC2=C(SC(N3CCOCC3Cc3cccc(Nc4ccc(C(=O)N5CCOCC5)cc4)c3)N2OC(=O)C(F)(F)F)C(=O)N1. The summed E-state index contributed by atoms with van der Waals surface area (Å²) < 4.78 is 51.2. The number of halogens is 3. The molecule has 15 heteroatoms. The van der Waals surface area contributed by atoms with Crippen molar-refractivity contribution in [1.82, 2.24) is 20.2 Å². The Morgan fingerprint density at radius 3 is 2.49 bits per heavy atom. The zero-order chi connectivity index (χ0) is 33.3. The van der Waals surface area contributed by atoms with E-state index >= 15 is 0 Å². The summed E-state index contributed by atoms with van der Waals surface area (Å²) >= 11 is 1.08. The highest BCUT2D eigenvalue weighted by molar-refractivity contribution is 8.04. The number of hydroxylamine groups is 2. The third kappa shape index (κ3) is 7.53. The number of hydrogen-bond donors (Lipinski definition) is 2. The Morgan fingerprint density at radius 1 is 1.04 bits per heavy atom. The van der Waals surface area contributed by atoms with E-state index in [1.54, 1.807) is 30.9 Å². The van der Waals surface area contributed by atoms with Crippen LogP contribution in [0, 0.1) is 0 Å². The number of ether oxygens (including phenoxy) is 2. The largest absolute Gasteiger partial charge is 0.493 e. The van der Waals surface area contributed by atoms with Crippen molar-refractivity contribution in [1.29, 1.82) is 0 Å². The summed E-state index contributed by atoms with van der Waals surface area (Å²) in [5.74, 6) is -2.80. The molecule has 2 aromatic rings. The second-order valence-corrected chi connectivity index (χ2v) is 13.5. The van der Waals surface area contributed by atoms with Crippen molar-refractivity contribution in [2.24, 2.45) is 0 Å². The van der Waals surface area contributed by atoms with Crippen LogP contribution in [-0.2, 0) is 30.3 Å². The van der Waals surface area contributed by atoms with E-state index < -0.39 is 29.1 Å². The smallest absolute Gasteiger partial charge is 0.378 e. The molecule has 11 nitrogen and oxygen atoms in total. The van der Waals surface area contributed by atoms with Gasteiger partial charge in [-0.25, -0.2) is 4.79 Å². The van der Waals surface area contributed by atoms with Gasteiger partial charge in [-0.1, -0.05) is 23.9 Å². The molecule has 2 fully saturated rings. The van der Waals surface area contributed by atoms with Crippen LogP contribution in [0.5, 0.6) is 0 Å². The molecule has 2 N–H and O–H groups in total. The van der Waals surface area contributed by atoms with Crippen LogP contribution in [-0.4, -0.2) is 102 Å². The fourth-order valence-corrected chi connectivity index (χ4v) is 7.41. The molecule has 0 radical (unpaired) electrons. The van der Waals surface area contributed by atoms with Gasteiger partial charge in [-0.05, 0) is 62.2 Å². The first-order valence-electron chi connectivity index (χ1n) is 15.4. The lowest BCUT2D eigenvalue weighted by Crippen LogP contribution is -2.56. The van der Waals surface area contributed by atoms with Crippen molar-refractivity contribution in [3.8, 4) is 0 Å². The van der Waals surface area contributed by atoms with Gasteiger partial charge in [-0.2, -0.15) is 18.2 Å². The van der Waals surface area contributed by atoms with Gasteiger partial charge in [0.1, 0.15) is 0 Å². The number of carbonyl (C=O) groups excluding carboxylic acids is 3. The predicted octanol–water partition coefficient (Wildman–Crippen LogP) is 4.01. The summed E-state index contributed by atoms with van der Waals surface area (Å²) in [6, 6.07) is 14.7. The van der Waals surface area contributed by atoms with E-state index in [0.29, 0.717) is 51.4 Å². The normalized spacial score (nSPS) is 23.3. The average molecular weight is 676 g/mol. The molecule has 4 aliphatic rings. The Morgan fingerprint density at radius 2 is 1.77 bits per heavy atom. The molecule has 252 valence electrons. The summed E-state index contributed by atoms with van der Waals surface area (Å²) in [6.45, 7) is 6.67. The summed E-state index contributed by atoms with van der Waals surface area (Å²) in [5.41, 5.74) is 1.76. The average Bonchev–Trinajstić information content (AvgIpc) is 3.38. The van der Waals surface area contributed by atoms with Crippen molar-refractivity contribution in [2.45, 2.75) is 49.9 Å². The van der Waals surface area contributed by atoms with Crippen LogP contribution in [0.25, 0.3) is 0 Å². The van der Waals surface area contributed by atoms with E-state index in [0.717, 1.165) is 33.8 Å². The first-order valence-corrected chi connectivity index (χ1v) is 16.2. The summed E-state index contributed by atoms with van der Waals surface area (Å²) in [4.78, 5) is 46.8. The number of alkyl halides is 3. The Kier molecular flexibility index (Phi) is 9.43. The van der Waals surface area contributed by atoms with Gasteiger partial charge in [0.25, 0.3) is 11.8 Å². The highest BCUT2D eigenvalue weighted by Gasteiger charge is 2.51. The van der Waals surface area contributed by atoms with E-state index in [1.807, 2.05) is 41.3 Å². The molecule has 2 amide bonds. The molecule has 0 aromatic heterocycles. The maximum Gasteiger partial charge on any atom is 0.493 e. The summed E-state index contributed by atoms with van der Waals surface area (Å²) in [5, 5.41) is 7.21. The molecule has 2 atom stereocenters. The second kappa shape index (κ2) is 13.4. The number of amides is 2. The minimum atomic E-state index is -5.21. The molecule has 2 saturated heterocycles. The van der Waals surface area contributed by atoms with Crippen LogP contribution in [0.1, 0.15) is 36.2 Å². The first-order chi connectivity index (χ1) is 22.4. The zero-order valence-electron chi connectivity index (χ0n) is 26.0. The number of nitrogens with one attached hydrogen (secondary N) is 2. The molecule has 0 bridgehead atoms. The summed E-state index contributed by atoms with van der Waals surface area (Å²) in [6.07, 6.45) is -4.54. The molecule has 47 heavy (non-hydrogen) atoms. The van der Waals surface area contributed by atoms with Crippen molar-refractivity contribution < 1.29 is 41.9 Å². The van der Waals surface area contributed by atoms with Gasteiger partial charge in [0.05, 0.1) is 37.0 Å². The number of thioether (sulfide) groups is 1. The highest BCUT2D eigenvalue weighted by atomic mass is 32.2. The molecule has 2 aromatic carbocycles. The van der Waals surface area contributed by atoms with Crippen LogP contribution >= 0.6 is 11.8 Å². The fourth-order valence-electron chi connectivity index (χ4n) is 6.06. The molecular weight excluding hydrogens is 639 g/mol. The van der Waals surface area contributed by atoms with Crippen LogP contribution < -0.4 is 10.6 Å². The Labute approximate surface area is 274 Å². The number of rotatable bonds is 7. The van der Waals surface area contributed by atoms with E-state index in [2.05, 4.69) is 10.6 Å². The van der Waals surface area contributed by atoms with E-state index in [1.165, 1.54) is 0 Å². The zero-order valence-corrected chi connectivity index (χ0v) is 26.8. The minimum Gasteiger partial charge on any atom is -0.378 e. The van der Waals surface area contributed by atoms with Crippen LogP contribution in [0.2, 0.25) is 0 Å². The molecule has 4 heterocycles. The van der Waals surface area contributed by atoms with Gasteiger partial charge in [0, 0.05) is 54.6 Å². The quantitative estimate of drug-likeness (QED) is 0.447. The third-order valence-electron chi connectivity index (χ3n) is 8.31. The predicted molar refractivity (Wildman–Crippen MR) is 167 cm³/mol. The van der Waals surface area contributed by atoms with Crippen molar-refractivity contribution in [2.75, 3.05) is 51.4 Å². The second-order valence-electron chi connectivity index (χ2n) is 12.4. The van der Waals surface area contributed by atoms with Crippen molar-refractivity contribution >= 4 is 40.9 Å². The number of benzene rings is 2. The topological polar surface area (TPSA) is 113 Å². The number of nitrogens with zero attached hydrogens (tertiary/aromatic N) is 3. The van der Waals surface area contributed by atoms with E-state index in [9.17, 15) is 27.6 Å². The molecule has 4 aliphatic heterocycles. The number of anilines is 2. The lowest BCUT2D eigenvalue weighted by atomic mass is 9.94. The molecule has 0 aliphatic carbocycles. The Bertz CT molecular complexity index is 1550. The molecule has 6 rings (SSSR count). The van der Waals surface area contributed by atoms with Gasteiger partial charge >= 0.3 is 12.1 Å². The van der Waals surface area contributed by atoms with Crippen molar-refractivity contribution in [3.63, 3.8) is 0 Å². The lowest BCUT2D eigenvalue weighted by Gasteiger charge is -2.42. The van der Waals surface area contributed by atoms with Crippen LogP contribution in [0.4, 0.5) is 24.5 Å². The molecular formula is C32H36F3N5O6S. The minimum absolute atomic E-state index is 0.0336. The maximum absolute atomic E-state index is 13.4. The summed E-state index contributed by atoms with van der Waals surface area (Å²) in [7, 11) is 0. The third-order valence-corrected chi connectivity index (χ3v) is 9.64. The van der Waals surface area contributed by atoms with Gasteiger partial charge in [0.2, 0.25) is 0 Å². The fraction of sp³-hybridized carbons (Fsp3) is 0.469. The van der Waals surface area contributed by atoms with Gasteiger partial charge in [-0.15, -0.1) is 0 Å². The van der Waals surface area contributed by atoms with Crippen molar-refractivity contribution in [3.05, 3.63) is 70.3 Å². The van der Waals surface area contributed by atoms with Crippen LogP contribution in [0.15, 0.2) is 59.1 Å². The highest BCUT2D eigenvalue weighted by Crippen LogP contribution is 2.46. The van der Waals surface area contributed by atoms with Crippen LogP contribution in [0.3, 0.4) is 0 Å². The first kappa shape index (κ1) is 33.1. The molecule has 0 spiro atoms. The Balaban J connectivity index is 1.17. The lowest BCUT2D eigenvalue weighted by molar-refractivity contribution is -0.243. The Hall–Kier alpha value is -3.79. The monoisotopic (exact) mass is 675 g/mol. The molecule has 2 unspecified atom stereocenters. The standard InChI is InChI=1S/C32H36F3N5O6S/c1-31(2)18-25-26(27(41)37-31)47-30(40(25)46-29(43)32(33,34)35)39-12-15-45-19-24(39)17-20-4-3-5-23(16-20)36-22-8-6-21(7-9-22)28(42)38-10-13-44-14-11-38/h3-9,16,24,30,36H,10-15,17-19H2,1-2H3,(H,37,41).